The molecule has 2 aromatic heterocycles. The van der Waals surface area contributed by atoms with Crippen LogP contribution in [0, 0.1) is 6.92 Å². The molecule has 2 heterocycles. The van der Waals surface area contributed by atoms with Crippen LogP contribution in [0.15, 0.2) is 54.7 Å². The van der Waals surface area contributed by atoms with Gasteiger partial charge in [0.25, 0.3) is 0 Å². The van der Waals surface area contributed by atoms with Crippen LogP contribution in [0.4, 0.5) is 0 Å². The summed E-state index contributed by atoms with van der Waals surface area (Å²) in [5, 5.41) is 4.12. The Balaban J connectivity index is 1.73. The molecule has 0 saturated heterocycles. The predicted molar refractivity (Wildman–Crippen MR) is 112 cm³/mol. The zero-order valence-corrected chi connectivity index (χ0v) is 16.3. The number of aryl methyl sites for hydroxylation is 2. The third kappa shape index (κ3) is 2.47. The van der Waals surface area contributed by atoms with Crippen LogP contribution in [-0.4, -0.2) is 0 Å². The van der Waals surface area contributed by atoms with Crippen molar-refractivity contribution in [3.63, 3.8) is 0 Å². The van der Waals surface area contributed by atoms with Gasteiger partial charge < -0.3 is 0 Å². The number of fused-ring (bicyclic) bond motifs is 2. The maximum absolute atomic E-state index is 2.44. The molecule has 1 saturated carbocycles. The molecule has 4 aromatic rings. The highest BCUT2D eigenvalue weighted by molar-refractivity contribution is 7.22. The van der Waals surface area contributed by atoms with E-state index < -0.39 is 0 Å². The van der Waals surface area contributed by atoms with Crippen molar-refractivity contribution in [1.82, 2.24) is 0 Å². The van der Waals surface area contributed by atoms with Gasteiger partial charge in [-0.15, -0.1) is 11.3 Å². The van der Waals surface area contributed by atoms with Crippen molar-refractivity contribution >= 4 is 32.2 Å². The standard InChI is InChI=1S/C24H24NS/c1-16-20-9-5-6-10-22(20)26-24(16)23-21-12-11-18(17-7-3-4-8-17)15-19(21)13-14-25(23)2/h5-6,9-15,17H,3-4,7-8H2,1-2H3/q+1. The minimum absolute atomic E-state index is 0.767. The van der Waals surface area contributed by atoms with Gasteiger partial charge >= 0.3 is 0 Å². The zero-order chi connectivity index (χ0) is 17.7. The molecule has 0 aliphatic heterocycles. The third-order valence-electron chi connectivity index (χ3n) is 6.05. The number of benzene rings is 2. The van der Waals surface area contributed by atoms with Gasteiger partial charge in [0.2, 0.25) is 5.69 Å². The highest BCUT2D eigenvalue weighted by atomic mass is 32.1. The second-order valence-electron chi connectivity index (χ2n) is 7.66. The largest absolute Gasteiger partial charge is 0.230 e. The number of hydrogen-bond donors (Lipinski definition) is 0. The predicted octanol–water partition coefficient (Wildman–Crippen LogP) is 6.51. The van der Waals surface area contributed by atoms with E-state index in [1.807, 2.05) is 11.3 Å². The molecule has 0 spiro atoms. The molecule has 26 heavy (non-hydrogen) atoms. The van der Waals surface area contributed by atoms with Crippen LogP contribution >= 0.6 is 11.3 Å². The topological polar surface area (TPSA) is 3.88 Å². The third-order valence-corrected chi connectivity index (χ3v) is 7.33. The van der Waals surface area contributed by atoms with Crippen LogP contribution < -0.4 is 4.57 Å². The highest BCUT2D eigenvalue weighted by Gasteiger charge is 2.22. The quantitative estimate of drug-likeness (QED) is 0.360. The molecule has 0 atom stereocenters. The van der Waals surface area contributed by atoms with Gasteiger partial charge in [-0.3, -0.25) is 0 Å². The molecule has 2 heteroatoms. The molecule has 1 nitrogen and oxygen atoms in total. The second kappa shape index (κ2) is 6.21. The average molecular weight is 359 g/mol. The van der Waals surface area contributed by atoms with E-state index in [1.54, 1.807) is 0 Å². The lowest BCUT2D eigenvalue weighted by Crippen LogP contribution is -2.30. The second-order valence-corrected chi connectivity index (χ2v) is 8.71. The molecule has 1 fully saturated rings. The number of pyridine rings is 1. The molecule has 5 rings (SSSR count). The Hall–Kier alpha value is -2.19. The van der Waals surface area contributed by atoms with E-state index in [0.29, 0.717) is 0 Å². The van der Waals surface area contributed by atoms with E-state index in [4.69, 9.17) is 0 Å². The summed E-state index contributed by atoms with van der Waals surface area (Å²) in [7, 11) is 2.17. The maximum atomic E-state index is 2.44. The van der Waals surface area contributed by atoms with Crippen LogP contribution in [0.3, 0.4) is 0 Å². The fraction of sp³-hybridized carbons (Fsp3) is 0.292. The summed E-state index contributed by atoms with van der Waals surface area (Å²) in [5.74, 6) is 0.767. The molecule has 0 amide bonds. The summed E-state index contributed by atoms with van der Waals surface area (Å²) in [5.41, 5.74) is 4.27. The van der Waals surface area contributed by atoms with E-state index in [-0.39, 0.29) is 0 Å². The van der Waals surface area contributed by atoms with Crippen LogP contribution in [-0.2, 0) is 7.05 Å². The number of rotatable bonds is 2. The van der Waals surface area contributed by atoms with Gasteiger partial charge in [0.1, 0.15) is 11.9 Å². The Labute approximate surface area is 158 Å². The van der Waals surface area contributed by atoms with Gasteiger partial charge in [-0.2, -0.15) is 4.57 Å². The van der Waals surface area contributed by atoms with Gasteiger partial charge in [0.15, 0.2) is 6.20 Å². The lowest BCUT2D eigenvalue weighted by Gasteiger charge is -2.11. The number of hydrogen-bond acceptors (Lipinski definition) is 1. The summed E-state index contributed by atoms with van der Waals surface area (Å²) < 4.78 is 3.66. The fourth-order valence-corrected chi connectivity index (χ4v) is 5.90. The summed E-state index contributed by atoms with van der Waals surface area (Å²) in [6, 6.07) is 18.2. The first-order valence-corrected chi connectivity index (χ1v) is 10.4. The number of thiophene rings is 1. The Morgan fingerprint density at radius 1 is 0.962 bits per heavy atom. The van der Waals surface area contributed by atoms with Gasteiger partial charge in [-0.1, -0.05) is 43.2 Å². The minimum atomic E-state index is 0.767. The van der Waals surface area contributed by atoms with Crippen LogP contribution in [0.5, 0.6) is 0 Å². The zero-order valence-electron chi connectivity index (χ0n) is 15.5. The van der Waals surface area contributed by atoms with Crippen molar-refractivity contribution < 1.29 is 4.57 Å². The molecule has 0 N–H and O–H groups in total. The van der Waals surface area contributed by atoms with Gasteiger partial charge in [-0.05, 0) is 59.7 Å². The van der Waals surface area contributed by atoms with E-state index >= 15 is 0 Å². The Morgan fingerprint density at radius 3 is 2.58 bits per heavy atom. The SMILES string of the molecule is Cc1c(-c2c3ccc(C4CCCC4)cc3cc[n+]2C)sc2ccccc12. The van der Waals surface area contributed by atoms with Crippen LogP contribution in [0.2, 0.25) is 0 Å². The molecule has 2 aromatic carbocycles. The molecule has 130 valence electrons. The van der Waals surface area contributed by atoms with E-state index in [9.17, 15) is 0 Å². The van der Waals surface area contributed by atoms with E-state index in [0.717, 1.165) is 5.92 Å². The fourth-order valence-electron chi connectivity index (χ4n) is 4.59. The Morgan fingerprint density at radius 2 is 1.77 bits per heavy atom. The first-order chi connectivity index (χ1) is 12.7. The smallest absolute Gasteiger partial charge is 0.200 e. The number of aromatic nitrogens is 1. The first kappa shape index (κ1) is 16.0. The molecular formula is C24H24NS+. The lowest BCUT2D eigenvalue weighted by molar-refractivity contribution is -0.659. The van der Waals surface area contributed by atoms with Crippen molar-refractivity contribution in [3.8, 4) is 10.6 Å². The molecule has 0 unspecified atom stereocenters. The molecule has 1 aliphatic rings. The van der Waals surface area contributed by atoms with E-state index in [1.165, 1.54) is 68.2 Å². The van der Waals surface area contributed by atoms with Gasteiger partial charge in [-0.25, -0.2) is 0 Å². The normalized spacial score (nSPS) is 15.3. The number of nitrogens with zero attached hydrogens (tertiary/aromatic N) is 1. The van der Waals surface area contributed by atoms with E-state index in [2.05, 4.69) is 73.3 Å². The molecule has 1 aliphatic carbocycles. The first-order valence-electron chi connectivity index (χ1n) is 9.63. The Bertz CT molecular complexity index is 1120. The van der Waals surface area contributed by atoms with Crippen molar-refractivity contribution in [2.75, 3.05) is 0 Å². The summed E-state index contributed by atoms with van der Waals surface area (Å²) in [6.45, 7) is 2.26. The highest BCUT2D eigenvalue weighted by Crippen LogP contribution is 2.40. The minimum Gasteiger partial charge on any atom is -0.200 e. The maximum Gasteiger partial charge on any atom is 0.230 e. The molecule has 0 bridgehead atoms. The summed E-state index contributed by atoms with van der Waals surface area (Å²) in [4.78, 5) is 1.40. The van der Waals surface area contributed by atoms with Crippen LogP contribution in [0.1, 0.15) is 42.7 Å². The lowest BCUT2D eigenvalue weighted by atomic mass is 9.94. The van der Waals surface area contributed by atoms with Crippen molar-refractivity contribution in [1.29, 1.82) is 0 Å². The van der Waals surface area contributed by atoms with Gasteiger partial charge in [0, 0.05) is 10.8 Å². The monoisotopic (exact) mass is 358 g/mol. The Kier molecular flexibility index (Phi) is 3.82. The van der Waals surface area contributed by atoms with Crippen molar-refractivity contribution in [2.45, 2.75) is 38.5 Å². The molecule has 0 radical (unpaired) electrons. The van der Waals surface area contributed by atoms with Crippen molar-refractivity contribution in [2.24, 2.45) is 7.05 Å². The molecular weight excluding hydrogens is 334 g/mol. The van der Waals surface area contributed by atoms with Crippen molar-refractivity contribution in [3.05, 3.63) is 65.9 Å². The van der Waals surface area contributed by atoms with Gasteiger partial charge in [0.05, 0.1) is 5.39 Å². The average Bonchev–Trinajstić information content (AvgIpc) is 3.31. The van der Waals surface area contributed by atoms with Crippen LogP contribution in [0.25, 0.3) is 31.4 Å². The summed E-state index contributed by atoms with van der Waals surface area (Å²) >= 11 is 1.91. The summed E-state index contributed by atoms with van der Waals surface area (Å²) in [6.07, 6.45) is 7.71.